The van der Waals surface area contributed by atoms with E-state index >= 15 is 0 Å². The molecule has 1 heterocycles. The van der Waals surface area contributed by atoms with Crippen LogP contribution in [0.4, 0.5) is 0 Å². The Labute approximate surface area is 177 Å². The predicted molar refractivity (Wildman–Crippen MR) is 119 cm³/mol. The molecule has 0 spiro atoms. The molecule has 0 aliphatic heterocycles. The Hall–Kier alpha value is -3.37. The molecule has 0 bridgehead atoms. The molecule has 0 amide bonds. The molecule has 0 atom stereocenters. The van der Waals surface area contributed by atoms with E-state index in [2.05, 4.69) is 60.5 Å². The molecule has 0 fully saturated rings. The first-order valence-corrected chi connectivity index (χ1v) is 10.2. The highest BCUT2D eigenvalue weighted by molar-refractivity contribution is 5.54. The number of aromatic nitrogens is 1. The molecule has 30 heavy (non-hydrogen) atoms. The minimum Gasteiger partial charge on any atom is -0.494 e. The topological polar surface area (TPSA) is 38.5 Å². The first-order valence-electron chi connectivity index (χ1n) is 10.2. The Bertz CT molecular complexity index is 1000. The number of nitrogens with zero attached hydrogens (tertiary/aromatic N) is 2. The Balaban J connectivity index is 1.54. The second kappa shape index (κ2) is 9.42. The number of ether oxygens (including phenoxy) is 1. The molecule has 0 saturated carbocycles. The summed E-state index contributed by atoms with van der Waals surface area (Å²) in [5.41, 5.74) is 4.34. The largest absolute Gasteiger partial charge is 0.494 e. The van der Waals surface area contributed by atoms with Crippen molar-refractivity contribution in [3.8, 4) is 17.2 Å². The van der Waals surface area contributed by atoms with Crippen LogP contribution in [0.5, 0.6) is 5.75 Å². The van der Waals surface area contributed by atoms with Gasteiger partial charge in [-0.05, 0) is 49.4 Å². The average molecular weight is 399 g/mol. The number of benzene rings is 3. The lowest BCUT2D eigenvalue weighted by Crippen LogP contribution is -2.25. The number of hydrogen-bond acceptors (Lipinski definition) is 4. The predicted octanol–water partition coefficient (Wildman–Crippen LogP) is 5.96. The van der Waals surface area contributed by atoms with Crippen LogP contribution < -0.4 is 4.74 Å². The van der Waals surface area contributed by atoms with Crippen molar-refractivity contribution in [2.75, 3.05) is 13.7 Å². The monoisotopic (exact) mass is 398 g/mol. The molecular formula is C26H26N2O2. The third-order valence-corrected chi connectivity index (χ3v) is 5.05. The first kappa shape index (κ1) is 19.9. The Morgan fingerprint density at radius 1 is 0.867 bits per heavy atom. The molecule has 4 rings (SSSR count). The van der Waals surface area contributed by atoms with Crippen molar-refractivity contribution in [1.29, 1.82) is 0 Å². The van der Waals surface area contributed by atoms with Gasteiger partial charge < -0.3 is 9.15 Å². The summed E-state index contributed by atoms with van der Waals surface area (Å²) < 4.78 is 11.3. The van der Waals surface area contributed by atoms with Gasteiger partial charge in [-0.15, -0.1) is 0 Å². The van der Waals surface area contributed by atoms with Crippen molar-refractivity contribution in [3.63, 3.8) is 0 Å². The third-order valence-electron chi connectivity index (χ3n) is 5.05. The van der Waals surface area contributed by atoms with E-state index in [4.69, 9.17) is 14.1 Å². The van der Waals surface area contributed by atoms with Gasteiger partial charge in [0.25, 0.3) is 0 Å². The Morgan fingerprint density at radius 2 is 1.47 bits per heavy atom. The highest BCUT2D eigenvalue weighted by Gasteiger charge is 2.20. The fraction of sp³-hybridized carbons (Fsp3) is 0.192. The van der Waals surface area contributed by atoms with Crippen LogP contribution in [0.1, 0.15) is 29.8 Å². The second-order valence-corrected chi connectivity index (χ2v) is 7.24. The third kappa shape index (κ3) is 4.61. The van der Waals surface area contributed by atoms with Crippen LogP contribution in [0.25, 0.3) is 11.5 Å². The molecule has 4 heteroatoms. The highest BCUT2D eigenvalue weighted by Crippen LogP contribution is 2.29. The fourth-order valence-corrected chi connectivity index (χ4v) is 3.69. The van der Waals surface area contributed by atoms with Gasteiger partial charge in [-0.25, -0.2) is 4.98 Å². The van der Waals surface area contributed by atoms with Crippen molar-refractivity contribution in [3.05, 3.63) is 108 Å². The summed E-state index contributed by atoms with van der Waals surface area (Å²) in [7, 11) is 2.12. The van der Waals surface area contributed by atoms with Gasteiger partial charge in [-0.2, -0.15) is 0 Å². The van der Waals surface area contributed by atoms with Crippen LogP contribution in [0.15, 0.2) is 95.6 Å². The van der Waals surface area contributed by atoms with E-state index in [0.717, 1.165) is 17.0 Å². The van der Waals surface area contributed by atoms with E-state index in [-0.39, 0.29) is 6.04 Å². The number of hydrogen-bond donors (Lipinski definition) is 0. The zero-order valence-electron chi connectivity index (χ0n) is 17.4. The lowest BCUT2D eigenvalue weighted by Gasteiger charge is -2.28. The summed E-state index contributed by atoms with van der Waals surface area (Å²) in [5.74, 6) is 1.47. The molecule has 0 aliphatic rings. The maximum absolute atomic E-state index is 5.76. The zero-order valence-corrected chi connectivity index (χ0v) is 17.4. The van der Waals surface area contributed by atoms with Gasteiger partial charge in [0, 0.05) is 12.1 Å². The molecule has 152 valence electrons. The molecule has 0 N–H and O–H groups in total. The van der Waals surface area contributed by atoms with Gasteiger partial charge in [0.2, 0.25) is 5.89 Å². The molecule has 3 aromatic carbocycles. The van der Waals surface area contributed by atoms with Crippen LogP contribution in [-0.2, 0) is 6.54 Å². The maximum atomic E-state index is 5.76. The first-order chi connectivity index (χ1) is 14.7. The summed E-state index contributed by atoms with van der Waals surface area (Å²) in [5, 5.41) is 0. The molecule has 4 nitrogen and oxygen atoms in total. The summed E-state index contributed by atoms with van der Waals surface area (Å²) in [6.45, 7) is 3.30. The van der Waals surface area contributed by atoms with Gasteiger partial charge >= 0.3 is 0 Å². The molecule has 0 saturated heterocycles. The molecule has 0 unspecified atom stereocenters. The van der Waals surface area contributed by atoms with Crippen molar-refractivity contribution in [2.45, 2.75) is 19.5 Å². The molecular weight excluding hydrogens is 372 g/mol. The summed E-state index contributed by atoms with van der Waals surface area (Å²) in [6, 6.07) is 29.1. The zero-order chi connectivity index (χ0) is 20.8. The van der Waals surface area contributed by atoms with Crippen molar-refractivity contribution < 1.29 is 9.15 Å². The molecule has 1 aromatic heterocycles. The van der Waals surface area contributed by atoms with E-state index < -0.39 is 0 Å². The summed E-state index contributed by atoms with van der Waals surface area (Å²) in [6.07, 6.45) is 1.75. The molecule has 0 aliphatic carbocycles. The van der Waals surface area contributed by atoms with E-state index in [9.17, 15) is 0 Å². The normalized spacial score (nSPS) is 11.2. The molecule has 4 aromatic rings. The van der Waals surface area contributed by atoms with Gasteiger partial charge in [0.1, 0.15) is 12.0 Å². The minimum absolute atomic E-state index is 0.137. The second-order valence-electron chi connectivity index (χ2n) is 7.24. The number of rotatable bonds is 8. The van der Waals surface area contributed by atoms with E-state index in [1.807, 2.05) is 43.3 Å². The SMILES string of the molecule is CCOc1ccc(-c2nc(CN(C)C(c3ccccc3)c3ccccc3)co2)cc1. The van der Waals surface area contributed by atoms with Crippen molar-refractivity contribution in [1.82, 2.24) is 9.88 Å². The van der Waals surface area contributed by atoms with Gasteiger partial charge in [0.15, 0.2) is 0 Å². The van der Waals surface area contributed by atoms with Crippen LogP contribution >= 0.6 is 0 Å². The van der Waals surface area contributed by atoms with E-state index in [0.29, 0.717) is 19.0 Å². The maximum Gasteiger partial charge on any atom is 0.226 e. The standard InChI is InChI=1S/C26H26N2O2/c1-3-29-24-16-14-22(15-17-24)26-27-23(19-30-26)18-28(2)25(20-10-6-4-7-11-20)21-12-8-5-9-13-21/h4-17,19,25H,3,18H2,1-2H3. The van der Waals surface area contributed by atoms with Crippen molar-refractivity contribution in [2.24, 2.45) is 0 Å². The Kier molecular flexibility index (Phi) is 6.26. The van der Waals surface area contributed by atoms with Crippen LogP contribution in [0.3, 0.4) is 0 Å². The fourth-order valence-electron chi connectivity index (χ4n) is 3.69. The minimum atomic E-state index is 0.137. The lowest BCUT2D eigenvalue weighted by molar-refractivity contribution is 0.267. The van der Waals surface area contributed by atoms with Crippen LogP contribution in [0.2, 0.25) is 0 Å². The Morgan fingerprint density at radius 3 is 2.03 bits per heavy atom. The van der Waals surface area contributed by atoms with Gasteiger partial charge in [0.05, 0.1) is 18.3 Å². The van der Waals surface area contributed by atoms with Crippen LogP contribution in [-0.4, -0.2) is 23.5 Å². The van der Waals surface area contributed by atoms with Crippen LogP contribution in [0, 0.1) is 0 Å². The highest BCUT2D eigenvalue weighted by atomic mass is 16.5. The summed E-state index contributed by atoms with van der Waals surface area (Å²) >= 11 is 0. The summed E-state index contributed by atoms with van der Waals surface area (Å²) in [4.78, 5) is 7.01. The van der Waals surface area contributed by atoms with E-state index in [1.165, 1.54) is 11.1 Å². The van der Waals surface area contributed by atoms with Gasteiger partial charge in [-0.1, -0.05) is 60.7 Å². The number of oxazole rings is 1. The van der Waals surface area contributed by atoms with Gasteiger partial charge in [-0.3, -0.25) is 4.90 Å². The smallest absolute Gasteiger partial charge is 0.226 e. The quantitative estimate of drug-likeness (QED) is 0.367. The van der Waals surface area contributed by atoms with E-state index in [1.54, 1.807) is 6.26 Å². The molecule has 0 radical (unpaired) electrons. The lowest BCUT2D eigenvalue weighted by atomic mass is 9.97. The van der Waals surface area contributed by atoms with Crippen molar-refractivity contribution >= 4 is 0 Å². The average Bonchev–Trinajstić information content (AvgIpc) is 3.24.